The average Bonchev–Trinajstić information content (AvgIpc) is 2.74. The molecule has 3 rings (SSSR count). The lowest BCUT2D eigenvalue weighted by atomic mass is 9.85. The van der Waals surface area contributed by atoms with Crippen molar-refractivity contribution in [2.75, 3.05) is 0 Å². The molecular weight excluding hydrogens is 299 g/mol. The number of benzene rings is 1. The summed E-state index contributed by atoms with van der Waals surface area (Å²) in [5, 5.41) is 2.25. The number of amides is 3. The van der Waals surface area contributed by atoms with Gasteiger partial charge in [-0.1, -0.05) is 20.8 Å². The molecule has 3 amide bonds. The van der Waals surface area contributed by atoms with Crippen LogP contribution in [0.2, 0.25) is 0 Å². The van der Waals surface area contributed by atoms with E-state index in [-0.39, 0.29) is 30.2 Å². The van der Waals surface area contributed by atoms with Gasteiger partial charge < -0.3 is 4.90 Å². The second-order valence-electron chi connectivity index (χ2n) is 7.14. The Balaban J connectivity index is 1.93. The molecule has 1 atom stereocenters. The van der Waals surface area contributed by atoms with E-state index in [1.165, 1.54) is 11.0 Å². The fourth-order valence-corrected chi connectivity index (χ4v) is 3.16. The highest BCUT2D eigenvalue weighted by Gasteiger charge is 2.40. The zero-order valence-corrected chi connectivity index (χ0v) is 13.4. The first-order valence-electron chi connectivity index (χ1n) is 7.66. The van der Waals surface area contributed by atoms with E-state index in [2.05, 4.69) is 5.32 Å². The predicted octanol–water partition coefficient (Wildman–Crippen LogP) is 1.88. The summed E-state index contributed by atoms with van der Waals surface area (Å²) in [4.78, 5) is 37.2. The summed E-state index contributed by atoms with van der Waals surface area (Å²) in [6, 6.07) is 2.31. The number of piperidine rings is 1. The van der Waals surface area contributed by atoms with E-state index in [0.29, 0.717) is 17.5 Å². The van der Waals surface area contributed by atoms with Crippen molar-refractivity contribution in [3.8, 4) is 0 Å². The maximum absolute atomic E-state index is 14.3. The Kier molecular flexibility index (Phi) is 3.50. The first-order chi connectivity index (χ1) is 10.7. The van der Waals surface area contributed by atoms with Crippen LogP contribution in [0.15, 0.2) is 12.1 Å². The smallest absolute Gasteiger partial charge is 0.255 e. The maximum atomic E-state index is 14.3. The second-order valence-corrected chi connectivity index (χ2v) is 7.14. The van der Waals surface area contributed by atoms with Crippen LogP contribution in [0, 0.1) is 5.82 Å². The number of carbonyl (C=O) groups excluding carboxylic acids is 3. The average molecular weight is 318 g/mol. The molecule has 0 aliphatic carbocycles. The van der Waals surface area contributed by atoms with Gasteiger partial charge in [0.2, 0.25) is 11.8 Å². The van der Waals surface area contributed by atoms with Gasteiger partial charge in [0.05, 0.1) is 0 Å². The van der Waals surface area contributed by atoms with Gasteiger partial charge in [0, 0.05) is 18.5 Å². The molecule has 1 unspecified atom stereocenters. The molecule has 0 saturated carbocycles. The van der Waals surface area contributed by atoms with Gasteiger partial charge in [-0.15, -0.1) is 0 Å². The SMILES string of the molecule is CC(C)(C)c1cc2c(cc1F)C(=O)N(C1CCC(=O)NC1=O)C2. The summed E-state index contributed by atoms with van der Waals surface area (Å²) < 4.78 is 14.3. The predicted molar refractivity (Wildman–Crippen MR) is 81.1 cm³/mol. The Hall–Kier alpha value is -2.24. The van der Waals surface area contributed by atoms with Crippen LogP contribution < -0.4 is 5.32 Å². The molecule has 2 aliphatic heterocycles. The number of halogens is 1. The van der Waals surface area contributed by atoms with Crippen molar-refractivity contribution in [2.45, 2.75) is 51.6 Å². The highest BCUT2D eigenvalue weighted by atomic mass is 19.1. The third-order valence-corrected chi connectivity index (χ3v) is 4.42. The molecule has 1 aromatic carbocycles. The molecule has 1 N–H and O–H groups in total. The van der Waals surface area contributed by atoms with Crippen LogP contribution in [0.25, 0.3) is 0 Å². The standard InChI is InChI=1S/C17H19FN2O3/c1-17(2,3)11-6-9-8-20(16(23)10(9)7-12(11)18)13-4-5-14(21)19-15(13)22/h6-7,13H,4-5,8H2,1-3H3,(H,19,21,22). The number of nitrogens with one attached hydrogen (secondary N) is 1. The lowest BCUT2D eigenvalue weighted by molar-refractivity contribution is -0.136. The van der Waals surface area contributed by atoms with Gasteiger partial charge in [0.1, 0.15) is 11.9 Å². The van der Waals surface area contributed by atoms with Gasteiger partial charge in [0.15, 0.2) is 0 Å². The van der Waals surface area contributed by atoms with E-state index in [1.54, 1.807) is 6.07 Å². The number of fused-ring (bicyclic) bond motifs is 1. The molecule has 6 heteroatoms. The summed E-state index contributed by atoms with van der Waals surface area (Å²) >= 11 is 0. The van der Waals surface area contributed by atoms with Crippen LogP contribution in [0.1, 0.15) is 55.1 Å². The molecule has 0 bridgehead atoms. The molecule has 2 aliphatic rings. The maximum Gasteiger partial charge on any atom is 0.255 e. The molecular formula is C17H19FN2O3. The van der Waals surface area contributed by atoms with Crippen LogP contribution in [-0.4, -0.2) is 28.7 Å². The molecule has 5 nitrogen and oxygen atoms in total. The van der Waals surface area contributed by atoms with Crippen molar-refractivity contribution in [2.24, 2.45) is 0 Å². The Morgan fingerprint density at radius 2 is 1.91 bits per heavy atom. The number of rotatable bonds is 1. The van der Waals surface area contributed by atoms with Gasteiger partial charge in [-0.3, -0.25) is 19.7 Å². The molecule has 2 heterocycles. The monoisotopic (exact) mass is 318 g/mol. The first kappa shape index (κ1) is 15.6. The van der Waals surface area contributed by atoms with E-state index in [0.717, 1.165) is 5.56 Å². The van der Waals surface area contributed by atoms with Crippen molar-refractivity contribution in [1.82, 2.24) is 10.2 Å². The molecule has 122 valence electrons. The van der Waals surface area contributed by atoms with Crippen LogP contribution in [0.4, 0.5) is 4.39 Å². The minimum absolute atomic E-state index is 0.206. The highest BCUT2D eigenvalue weighted by Crippen LogP contribution is 2.33. The lowest BCUT2D eigenvalue weighted by Crippen LogP contribution is -2.52. The van der Waals surface area contributed by atoms with Crippen molar-refractivity contribution in [3.05, 3.63) is 34.6 Å². The Bertz CT molecular complexity index is 721. The number of hydrogen-bond acceptors (Lipinski definition) is 3. The fraction of sp³-hybridized carbons (Fsp3) is 0.471. The number of imide groups is 1. The molecule has 1 saturated heterocycles. The van der Waals surface area contributed by atoms with Crippen molar-refractivity contribution in [3.63, 3.8) is 0 Å². The molecule has 0 spiro atoms. The molecule has 0 radical (unpaired) electrons. The molecule has 1 fully saturated rings. The van der Waals surface area contributed by atoms with Crippen LogP contribution in [0.5, 0.6) is 0 Å². The summed E-state index contributed by atoms with van der Waals surface area (Å²) in [6.45, 7) is 6.00. The molecule has 23 heavy (non-hydrogen) atoms. The number of hydrogen-bond donors (Lipinski definition) is 1. The Morgan fingerprint density at radius 1 is 1.22 bits per heavy atom. The molecule has 0 aromatic heterocycles. The van der Waals surface area contributed by atoms with Crippen molar-refractivity contribution < 1.29 is 18.8 Å². The Labute approximate surface area is 133 Å². The Morgan fingerprint density at radius 3 is 2.52 bits per heavy atom. The summed E-state index contributed by atoms with van der Waals surface area (Å²) in [6.07, 6.45) is 0.511. The van der Waals surface area contributed by atoms with E-state index >= 15 is 0 Å². The van der Waals surface area contributed by atoms with Crippen LogP contribution in [-0.2, 0) is 21.5 Å². The van der Waals surface area contributed by atoms with Crippen molar-refractivity contribution >= 4 is 17.7 Å². The lowest BCUT2D eigenvalue weighted by Gasteiger charge is -2.29. The topological polar surface area (TPSA) is 66.5 Å². The zero-order chi connectivity index (χ0) is 16.9. The summed E-state index contributed by atoms with van der Waals surface area (Å²) in [7, 11) is 0. The second kappa shape index (κ2) is 5.15. The van der Waals surface area contributed by atoms with Crippen LogP contribution in [0.3, 0.4) is 0 Å². The summed E-state index contributed by atoms with van der Waals surface area (Å²) in [5.74, 6) is -1.54. The van der Waals surface area contributed by atoms with Gasteiger partial charge >= 0.3 is 0 Å². The van der Waals surface area contributed by atoms with E-state index in [1.807, 2.05) is 20.8 Å². The van der Waals surface area contributed by atoms with Gasteiger partial charge in [-0.05, 0) is 35.1 Å². The van der Waals surface area contributed by atoms with Crippen molar-refractivity contribution in [1.29, 1.82) is 0 Å². The van der Waals surface area contributed by atoms with E-state index in [9.17, 15) is 18.8 Å². The van der Waals surface area contributed by atoms with Gasteiger partial charge in [-0.25, -0.2) is 4.39 Å². The molecule has 1 aromatic rings. The largest absolute Gasteiger partial charge is 0.322 e. The normalized spacial score (nSPS) is 21.5. The van der Waals surface area contributed by atoms with Gasteiger partial charge in [0.25, 0.3) is 5.91 Å². The minimum atomic E-state index is -0.672. The first-order valence-corrected chi connectivity index (χ1v) is 7.66. The van der Waals surface area contributed by atoms with E-state index < -0.39 is 17.8 Å². The van der Waals surface area contributed by atoms with E-state index in [4.69, 9.17) is 0 Å². The van der Waals surface area contributed by atoms with Gasteiger partial charge in [-0.2, -0.15) is 0 Å². The highest BCUT2D eigenvalue weighted by molar-refractivity contribution is 6.05. The quantitative estimate of drug-likeness (QED) is 0.804. The number of nitrogens with zero attached hydrogens (tertiary/aromatic N) is 1. The van der Waals surface area contributed by atoms with Crippen LogP contribution >= 0.6 is 0 Å². The third-order valence-electron chi connectivity index (χ3n) is 4.42. The third kappa shape index (κ3) is 2.62. The zero-order valence-electron chi connectivity index (χ0n) is 13.4. The minimum Gasteiger partial charge on any atom is -0.322 e. The summed E-state index contributed by atoms with van der Waals surface area (Å²) in [5.41, 5.74) is 1.21. The number of carbonyl (C=O) groups is 3. The fourth-order valence-electron chi connectivity index (χ4n) is 3.16.